The number of hydrogen-bond acceptors (Lipinski definition) is 7. The third-order valence-corrected chi connectivity index (χ3v) is 7.67. The van der Waals surface area contributed by atoms with Crippen molar-refractivity contribution in [3.63, 3.8) is 0 Å². The number of carbonyl (C=O) groups is 2. The minimum Gasteiger partial charge on any atom is -0.444 e. The summed E-state index contributed by atoms with van der Waals surface area (Å²) < 4.78 is 17.8. The lowest BCUT2D eigenvalue weighted by molar-refractivity contribution is -0.292. The highest BCUT2D eigenvalue weighted by molar-refractivity contribution is 7.99. The van der Waals surface area contributed by atoms with Crippen molar-refractivity contribution in [2.45, 2.75) is 89.2 Å². The maximum absolute atomic E-state index is 13.7. The first-order valence-electron chi connectivity index (χ1n) is 13.6. The van der Waals surface area contributed by atoms with E-state index in [-0.39, 0.29) is 18.0 Å². The molecule has 2 aliphatic heterocycles. The van der Waals surface area contributed by atoms with Crippen LogP contribution in [0.25, 0.3) is 0 Å². The number of nitrogens with one attached hydrogen (secondary N) is 1. The highest BCUT2D eigenvalue weighted by Crippen LogP contribution is 2.37. The van der Waals surface area contributed by atoms with E-state index in [0.29, 0.717) is 32.7 Å². The quantitative estimate of drug-likeness (QED) is 0.411. The Bertz CT molecular complexity index is 834. The summed E-state index contributed by atoms with van der Waals surface area (Å²) >= 11 is 1.84. The SMILES string of the molecule is CC(C)(C)OC(=O)NCCCCCCN(C(=O)[C@@H](N)Cc1ccccc1)[C@H]1CSCCC12OCCCO2. The lowest BCUT2D eigenvalue weighted by Crippen LogP contribution is -2.64. The van der Waals surface area contributed by atoms with Gasteiger partial charge in [0.15, 0.2) is 5.79 Å². The molecule has 9 heteroatoms. The van der Waals surface area contributed by atoms with Crippen molar-refractivity contribution in [1.82, 2.24) is 10.2 Å². The second-order valence-corrected chi connectivity index (χ2v) is 12.0. The van der Waals surface area contributed by atoms with E-state index in [2.05, 4.69) is 5.32 Å². The van der Waals surface area contributed by atoms with Crippen LogP contribution in [0.1, 0.15) is 64.9 Å². The smallest absolute Gasteiger partial charge is 0.407 e. The van der Waals surface area contributed by atoms with E-state index in [0.717, 1.165) is 55.6 Å². The van der Waals surface area contributed by atoms with E-state index in [1.807, 2.05) is 67.8 Å². The average Bonchev–Trinajstić information content (AvgIpc) is 2.86. The molecule has 1 spiro atoms. The highest BCUT2D eigenvalue weighted by atomic mass is 32.2. The zero-order valence-corrected chi connectivity index (χ0v) is 23.5. The normalized spacial score (nSPS) is 20.3. The molecule has 2 amide bonds. The lowest BCUT2D eigenvalue weighted by atomic mass is 9.98. The summed E-state index contributed by atoms with van der Waals surface area (Å²) in [4.78, 5) is 27.5. The van der Waals surface area contributed by atoms with Crippen LogP contribution in [-0.2, 0) is 25.4 Å². The molecular weight excluding hydrogens is 490 g/mol. The topological polar surface area (TPSA) is 103 Å². The Balaban J connectivity index is 1.57. The van der Waals surface area contributed by atoms with Crippen LogP contribution in [0.5, 0.6) is 0 Å². The van der Waals surface area contributed by atoms with Crippen molar-refractivity contribution in [2.24, 2.45) is 5.73 Å². The number of ether oxygens (including phenoxy) is 3. The van der Waals surface area contributed by atoms with Gasteiger partial charge in [0.25, 0.3) is 0 Å². The lowest BCUT2D eigenvalue weighted by Gasteiger charge is -2.49. The van der Waals surface area contributed by atoms with Crippen LogP contribution in [0, 0.1) is 0 Å². The fourth-order valence-electron chi connectivity index (χ4n) is 4.81. The Labute approximate surface area is 226 Å². The van der Waals surface area contributed by atoms with Crippen LogP contribution < -0.4 is 11.1 Å². The number of unbranched alkanes of at least 4 members (excludes halogenated alkanes) is 3. The zero-order valence-electron chi connectivity index (χ0n) is 22.7. The molecule has 208 valence electrons. The van der Waals surface area contributed by atoms with Crippen LogP contribution in [0.15, 0.2) is 30.3 Å². The monoisotopic (exact) mass is 535 g/mol. The molecule has 2 saturated heterocycles. The van der Waals surface area contributed by atoms with Gasteiger partial charge in [-0.3, -0.25) is 4.79 Å². The van der Waals surface area contributed by atoms with E-state index in [9.17, 15) is 9.59 Å². The number of benzene rings is 1. The largest absolute Gasteiger partial charge is 0.444 e. The van der Waals surface area contributed by atoms with Crippen molar-refractivity contribution < 1.29 is 23.8 Å². The molecule has 37 heavy (non-hydrogen) atoms. The molecule has 2 aliphatic rings. The van der Waals surface area contributed by atoms with E-state index < -0.39 is 17.4 Å². The summed E-state index contributed by atoms with van der Waals surface area (Å²) in [5, 5.41) is 2.81. The molecule has 2 heterocycles. The molecule has 3 N–H and O–H groups in total. The van der Waals surface area contributed by atoms with Crippen LogP contribution in [0.3, 0.4) is 0 Å². The molecule has 0 aliphatic carbocycles. The maximum Gasteiger partial charge on any atom is 0.407 e. The van der Waals surface area contributed by atoms with Crippen LogP contribution in [0.2, 0.25) is 0 Å². The summed E-state index contributed by atoms with van der Waals surface area (Å²) in [5.41, 5.74) is 7.04. The van der Waals surface area contributed by atoms with Crippen molar-refractivity contribution >= 4 is 23.8 Å². The summed E-state index contributed by atoms with van der Waals surface area (Å²) in [5.74, 6) is 0.964. The Hall–Kier alpha value is -1.81. The van der Waals surface area contributed by atoms with E-state index in [4.69, 9.17) is 19.9 Å². The van der Waals surface area contributed by atoms with Gasteiger partial charge in [0.05, 0.1) is 25.3 Å². The van der Waals surface area contributed by atoms with Crippen LogP contribution >= 0.6 is 11.8 Å². The molecule has 3 rings (SSSR count). The molecule has 2 fully saturated rings. The highest BCUT2D eigenvalue weighted by Gasteiger charge is 2.49. The molecule has 0 bridgehead atoms. The summed E-state index contributed by atoms with van der Waals surface area (Å²) in [6, 6.07) is 9.15. The fourth-order valence-corrected chi connectivity index (χ4v) is 6.06. The van der Waals surface area contributed by atoms with Gasteiger partial charge in [-0.05, 0) is 57.8 Å². The van der Waals surface area contributed by atoms with Gasteiger partial charge in [0.1, 0.15) is 5.60 Å². The Morgan fingerprint density at radius 2 is 1.86 bits per heavy atom. The third kappa shape index (κ3) is 9.46. The molecule has 1 aromatic rings. The first-order valence-corrected chi connectivity index (χ1v) is 14.8. The van der Waals surface area contributed by atoms with Gasteiger partial charge < -0.3 is 30.2 Å². The first kappa shape index (κ1) is 29.7. The minimum atomic E-state index is -0.733. The van der Waals surface area contributed by atoms with Gasteiger partial charge in [-0.25, -0.2) is 4.79 Å². The van der Waals surface area contributed by atoms with Gasteiger partial charge in [0.2, 0.25) is 5.91 Å². The van der Waals surface area contributed by atoms with E-state index in [1.165, 1.54) is 0 Å². The van der Waals surface area contributed by atoms with Crippen LogP contribution in [0.4, 0.5) is 4.79 Å². The molecule has 0 radical (unpaired) electrons. The van der Waals surface area contributed by atoms with Gasteiger partial charge in [-0.1, -0.05) is 43.2 Å². The summed E-state index contributed by atoms with van der Waals surface area (Å²) in [7, 11) is 0. The van der Waals surface area contributed by atoms with Crippen molar-refractivity contribution in [2.75, 3.05) is 37.8 Å². The van der Waals surface area contributed by atoms with Crippen LogP contribution in [-0.4, -0.2) is 78.2 Å². The second kappa shape index (κ2) is 14.4. The number of nitrogens with two attached hydrogens (primary N) is 1. The molecule has 1 aromatic carbocycles. The number of hydrogen-bond donors (Lipinski definition) is 2. The molecule has 0 saturated carbocycles. The van der Waals surface area contributed by atoms with Gasteiger partial charge in [0, 0.05) is 25.3 Å². The zero-order chi connectivity index (χ0) is 26.7. The number of carbonyl (C=O) groups excluding carboxylic acids is 2. The summed E-state index contributed by atoms with van der Waals surface area (Å²) in [6.07, 6.45) is 5.37. The number of nitrogens with zero attached hydrogens (tertiary/aromatic N) is 1. The fraction of sp³-hybridized carbons (Fsp3) is 0.714. The molecule has 2 atom stereocenters. The molecule has 0 unspecified atom stereocenters. The van der Waals surface area contributed by atoms with Gasteiger partial charge in [-0.2, -0.15) is 11.8 Å². The number of thioether (sulfide) groups is 1. The van der Waals surface area contributed by atoms with Gasteiger partial charge in [-0.15, -0.1) is 0 Å². The number of amides is 2. The second-order valence-electron chi connectivity index (χ2n) is 10.9. The minimum absolute atomic E-state index is 0.0416. The van der Waals surface area contributed by atoms with Crippen molar-refractivity contribution in [3.05, 3.63) is 35.9 Å². The van der Waals surface area contributed by atoms with Crippen molar-refractivity contribution in [3.8, 4) is 0 Å². The molecule has 0 aromatic heterocycles. The average molecular weight is 536 g/mol. The Morgan fingerprint density at radius 1 is 1.16 bits per heavy atom. The van der Waals surface area contributed by atoms with E-state index in [1.54, 1.807) is 0 Å². The number of alkyl carbamates (subject to hydrolysis) is 1. The molecule has 8 nitrogen and oxygen atoms in total. The predicted molar refractivity (Wildman–Crippen MR) is 148 cm³/mol. The Morgan fingerprint density at radius 3 is 2.57 bits per heavy atom. The predicted octanol–water partition coefficient (Wildman–Crippen LogP) is 4.11. The van der Waals surface area contributed by atoms with E-state index >= 15 is 0 Å². The number of rotatable bonds is 11. The molecular formula is C28H45N3O5S. The first-order chi connectivity index (χ1) is 17.7. The standard InChI is InChI=1S/C28H45N3O5S/c1-27(2,3)36-26(33)30-15-9-4-5-10-16-31(25(32)23(29)20-22-12-7-6-8-13-22)24-21-37-19-14-28(24)34-17-11-18-35-28/h6-8,12-13,23-24H,4-5,9-11,14-21,29H2,1-3H3,(H,30,33)/t23-,24-/m0/s1. The summed E-state index contributed by atoms with van der Waals surface area (Å²) in [6.45, 7) is 8.05. The van der Waals surface area contributed by atoms with Gasteiger partial charge >= 0.3 is 6.09 Å². The third-order valence-electron chi connectivity index (χ3n) is 6.63. The van der Waals surface area contributed by atoms with Crippen molar-refractivity contribution in [1.29, 1.82) is 0 Å². The Kier molecular flexibility index (Phi) is 11.6. The maximum atomic E-state index is 13.7.